The van der Waals surface area contributed by atoms with Gasteiger partial charge in [-0.3, -0.25) is 4.79 Å². The monoisotopic (exact) mass is 165 g/mol. The minimum absolute atomic E-state index is 0.115. The van der Waals surface area contributed by atoms with Crippen molar-refractivity contribution in [3.05, 3.63) is 24.2 Å². The number of hydrogen-bond donors (Lipinski definition) is 1. The smallest absolute Gasteiger partial charge is 0.221 e. The molecule has 2 rings (SSSR count). The maximum Gasteiger partial charge on any atom is 0.221 e. The summed E-state index contributed by atoms with van der Waals surface area (Å²) in [5.41, 5.74) is 0. The Balaban J connectivity index is 2.20. The third kappa shape index (κ3) is 1.11. The number of carbonyl (C=O) groups is 1. The van der Waals surface area contributed by atoms with Gasteiger partial charge in [-0.15, -0.1) is 0 Å². The number of rotatable bonds is 1. The first-order chi connectivity index (χ1) is 5.77. The Bertz CT molecular complexity index is 279. The average molecular weight is 165 g/mol. The molecule has 0 bridgehead atoms. The van der Waals surface area contributed by atoms with E-state index in [2.05, 4.69) is 5.32 Å². The summed E-state index contributed by atoms with van der Waals surface area (Å²) in [5.74, 6) is 1.23. The third-order valence-corrected chi connectivity index (χ3v) is 2.31. The van der Waals surface area contributed by atoms with Crippen molar-refractivity contribution >= 4 is 5.91 Å². The fourth-order valence-electron chi connectivity index (χ4n) is 1.64. The van der Waals surface area contributed by atoms with Gasteiger partial charge in [0.25, 0.3) is 0 Å². The number of furan rings is 1. The highest BCUT2D eigenvalue weighted by molar-refractivity contribution is 5.79. The SMILES string of the molecule is C[C@H]1NC(=O)C[C@@H]1c1ccco1. The number of carbonyl (C=O) groups excluding carboxylic acids is 1. The first-order valence-electron chi connectivity index (χ1n) is 4.10. The van der Waals surface area contributed by atoms with Gasteiger partial charge in [0.05, 0.1) is 6.26 Å². The molecule has 64 valence electrons. The normalized spacial score (nSPS) is 28.9. The van der Waals surface area contributed by atoms with Crippen molar-refractivity contribution < 1.29 is 9.21 Å². The summed E-state index contributed by atoms with van der Waals surface area (Å²) < 4.78 is 5.24. The number of hydrogen-bond acceptors (Lipinski definition) is 2. The molecule has 0 radical (unpaired) electrons. The maximum absolute atomic E-state index is 11.0. The largest absolute Gasteiger partial charge is 0.469 e. The van der Waals surface area contributed by atoms with Crippen LogP contribution in [0.2, 0.25) is 0 Å². The fourth-order valence-corrected chi connectivity index (χ4v) is 1.64. The number of amides is 1. The Kier molecular flexibility index (Phi) is 1.64. The Morgan fingerprint density at radius 1 is 1.67 bits per heavy atom. The van der Waals surface area contributed by atoms with Gasteiger partial charge < -0.3 is 9.73 Å². The van der Waals surface area contributed by atoms with Crippen LogP contribution < -0.4 is 5.32 Å². The van der Waals surface area contributed by atoms with Gasteiger partial charge in [-0.25, -0.2) is 0 Å². The lowest BCUT2D eigenvalue weighted by atomic mass is 9.99. The van der Waals surface area contributed by atoms with Gasteiger partial charge in [0.15, 0.2) is 0 Å². The number of nitrogens with one attached hydrogen (secondary N) is 1. The van der Waals surface area contributed by atoms with Gasteiger partial charge in [0.2, 0.25) is 5.91 Å². The lowest BCUT2D eigenvalue weighted by molar-refractivity contribution is -0.119. The van der Waals surface area contributed by atoms with E-state index >= 15 is 0 Å². The first-order valence-corrected chi connectivity index (χ1v) is 4.10. The molecule has 0 saturated carbocycles. The summed E-state index contributed by atoms with van der Waals surface area (Å²) >= 11 is 0. The molecule has 0 spiro atoms. The maximum atomic E-state index is 11.0. The van der Waals surface area contributed by atoms with E-state index in [1.54, 1.807) is 6.26 Å². The molecule has 1 N–H and O–H groups in total. The lowest BCUT2D eigenvalue weighted by Crippen LogP contribution is -2.24. The second kappa shape index (κ2) is 2.66. The summed E-state index contributed by atoms with van der Waals surface area (Å²) in [6.45, 7) is 2.00. The Morgan fingerprint density at radius 2 is 2.50 bits per heavy atom. The summed E-state index contributed by atoms with van der Waals surface area (Å²) in [7, 11) is 0. The Hall–Kier alpha value is -1.25. The molecule has 1 aliphatic rings. The van der Waals surface area contributed by atoms with Crippen LogP contribution in [0.15, 0.2) is 22.8 Å². The highest BCUT2D eigenvalue weighted by Crippen LogP contribution is 2.27. The van der Waals surface area contributed by atoms with Crippen molar-refractivity contribution in [2.75, 3.05) is 0 Å². The van der Waals surface area contributed by atoms with Gasteiger partial charge in [-0.05, 0) is 19.1 Å². The topological polar surface area (TPSA) is 42.2 Å². The van der Waals surface area contributed by atoms with Crippen LogP contribution in [0.25, 0.3) is 0 Å². The second-order valence-electron chi connectivity index (χ2n) is 3.18. The molecule has 3 nitrogen and oxygen atoms in total. The minimum Gasteiger partial charge on any atom is -0.469 e. The van der Waals surface area contributed by atoms with Gasteiger partial charge in [0, 0.05) is 18.4 Å². The zero-order valence-electron chi connectivity index (χ0n) is 6.91. The molecule has 1 amide bonds. The van der Waals surface area contributed by atoms with Crippen molar-refractivity contribution in [3.63, 3.8) is 0 Å². The highest BCUT2D eigenvalue weighted by atomic mass is 16.3. The predicted molar refractivity (Wildman–Crippen MR) is 43.7 cm³/mol. The van der Waals surface area contributed by atoms with Crippen molar-refractivity contribution in [1.29, 1.82) is 0 Å². The van der Waals surface area contributed by atoms with Gasteiger partial charge in [0.1, 0.15) is 5.76 Å². The van der Waals surface area contributed by atoms with Gasteiger partial charge in [-0.1, -0.05) is 0 Å². The Morgan fingerprint density at radius 3 is 3.00 bits per heavy atom. The molecule has 0 aliphatic carbocycles. The molecule has 2 atom stereocenters. The van der Waals surface area contributed by atoms with Crippen molar-refractivity contribution in [2.24, 2.45) is 0 Å². The van der Waals surface area contributed by atoms with E-state index in [0.717, 1.165) is 5.76 Å². The van der Waals surface area contributed by atoms with E-state index in [0.29, 0.717) is 6.42 Å². The first kappa shape index (κ1) is 7.40. The average Bonchev–Trinajstić information content (AvgIpc) is 2.58. The third-order valence-electron chi connectivity index (χ3n) is 2.31. The molecule has 3 heteroatoms. The molecule has 1 aliphatic heterocycles. The zero-order chi connectivity index (χ0) is 8.55. The van der Waals surface area contributed by atoms with Crippen LogP contribution in [-0.4, -0.2) is 11.9 Å². The molecule has 1 saturated heterocycles. The molecule has 12 heavy (non-hydrogen) atoms. The van der Waals surface area contributed by atoms with E-state index < -0.39 is 0 Å². The van der Waals surface area contributed by atoms with E-state index in [1.165, 1.54) is 0 Å². The summed E-state index contributed by atoms with van der Waals surface area (Å²) in [6.07, 6.45) is 2.19. The van der Waals surface area contributed by atoms with E-state index in [4.69, 9.17) is 4.42 Å². The molecular weight excluding hydrogens is 154 g/mol. The van der Waals surface area contributed by atoms with Gasteiger partial charge >= 0.3 is 0 Å². The van der Waals surface area contributed by atoms with E-state index in [-0.39, 0.29) is 17.9 Å². The fraction of sp³-hybridized carbons (Fsp3) is 0.444. The molecular formula is C9H11NO2. The highest BCUT2D eigenvalue weighted by Gasteiger charge is 2.31. The van der Waals surface area contributed by atoms with Crippen LogP contribution in [-0.2, 0) is 4.79 Å². The van der Waals surface area contributed by atoms with Crippen LogP contribution in [0, 0.1) is 0 Å². The molecule has 1 aromatic heterocycles. The van der Waals surface area contributed by atoms with Crippen LogP contribution >= 0.6 is 0 Å². The van der Waals surface area contributed by atoms with Crippen LogP contribution in [0.5, 0.6) is 0 Å². The predicted octanol–water partition coefficient (Wildman–Crippen LogP) is 1.27. The zero-order valence-corrected chi connectivity index (χ0v) is 6.91. The Labute approximate surface area is 70.8 Å². The minimum atomic E-state index is 0.115. The molecule has 0 aromatic carbocycles. The van der Waals surface area contributed by atoms with Crippen LogP contribution in [0.4, 0.5) is 0 Å². The van der Waals surface area contributed by atoms with E-state index in [9.17, 15) is 4.79 Å². The summed E-state index contributed by atoms with van der Waals surface area (Å²) in [4.78, 5) is 11.0. The lowest BCUT2D eigenvalue weighted by Gasteiger charge is -2.09. The summed E-state index contributed by atoms with van der Waals surface area (Å²) in [5, 5.41) is 2.86. The van der Waals surface area contributed by atoms with Gasteiger partial charge in [-0.2, -0.15) is 0 Å². The summed E-state index contributed by atoms with van der Waals surface area (Å²) in [6, 6.07) is 3.97. The molecule has 2 heterocycles. The van der Waals surface area contributed by atoms with Crippen LogP contribution in [0.3, 0.4) is 0 Å². The molecule has 1 aromatic rings. The van der Waals surface area contributed by atoms with Crippen LogP contribution in [0.1, 0.15) is 25.0 Å². The standard InChI is InChI=1S/C9H11NO2/c1-6-7(5-9(11)10-6)8-3-2-4-12-8/h2-4,6-7H,5H2,1H3,(H,10,11)/t6-,7+/m1/s1. The van der Waals surface area contributed by atoms with Crippen molar-refractivity contribution in [2.45, 2.75) is 25.3 Å². The van der Waals surface area contributed by atoms with E-state index in [1.807, 2.05) is 19.1 Å². The quantitative estimate of drug-likeness (QED) is 0.681. The van der Waals surface area contributed by atoms with Crippen molar-refractivity contribution in [3.8, 4) is 0 Å². The molecule has 1 fully saturated rings. The molecule has 0 unspecified atom stereocenters. The van der Waals surface area contributed by atoms with Crippen molar-refractivity contribution in [1.82, 2.24) is 5.32 Å². The second-order valence-corrected chi connectivity index (χ2v) is 3.18.